The molecule has 1 nitrogen and oxygen atoms in total. The average Bonchev–Trinajstić information content (AvgIpc) is 2.23. The molecule has 0 saturated carbocycles. The zero-order valence-electron chi connectivity index (χ0n) is 12.8. The summed E-state index contributed by atoms with van der Waals surface area (Å²) in [6, 6.07) is 5.74. The predicted octanol–water partition coefficient (Wildman–Crippen LogP) is 3.37. The fourth-order valence-corrected chi connectivity index (χ4v) is 4.80. The van der Waals surface area contributed by atoms with Gasteiger partial charge in [0.1, 0.15) is 0 Å². The third-order valence-electron chi connectivity index (χ3n) is 2.68. The van der Waals surface area contributed by atoms with Crippen LogP contribution in [0.5, 0.6) is 0 Å². The number of carbonyl (C=O) groups excluding carboxylic acids is 1. The smallest absolute Gasteiger partial charge is 0.459 e. The molecule has 1 rings (SSSR count). The number of halogens is 2. The molecule has 20 heavy (non-hydrogen) atoms. The first kappa shape index (κ1) is 20.9. The van der Waals surface area contributed by atoms with Gasteiger partial charge in [0.2, 0.25) is 0 Å². The molecule has 1 aromatic rings. The molecular weight excluding hydrogens is 394 g/mol. The summed E-state index contributed by atoms with van der Waals surface area (Å²) in [5, 5.41) is 0. The molecule has 0 N–H and O–H groups in total. The predicted molar refractivity (Wildman–Crippen MR) is 91.2 cm³/mol. The van der Waals surface area contributed by atoms with Crippen LogP contribution in [0.3, 0.4) is 0 Å². The minimum Gasteiger partial charge on any atom is -0.459 e. The van der Waals surface area contributed by atoms with Gasteiger partial charge < -0.3 is 13.4 Å². The molecule has 0 amide bonds. The second-order valence-corrected chi connectivity index (χ2v) is 8.91. The Morgan fingerprint density at radius 1 is 1.25 bits per heavy atom. The zero-order chi connectivity index (χ0) is 14.6. The molecule has 0 bridgehead atoms. The molecule has 1 atom stereocenters. The molecule has 0 aliphatic carbocycles. The maximum atomic E-state index is 12.3. The molecule has 1 unspecified atom stereocenters. The third-order valence-corrected chi connectivity index (χ3v) is 5.32. The Bertz CT molecular complexity index is 437. The average molecular weight is 414 g/mol. The molecule has 0 aliphatic heterocycles. The van der Waals surface area contributed by atoms with Crippen molar-refractivity contribution in [2.75, 3.05) is 6.16 Å². The van der Waals surface area contributed by atoms with Crippen LogP contribution in [0, 0.1) is 11.3 Å². The molecular formula is C15H20Br2LiOP. The summed E-state index contributed by atoms with van der Waals surface area (Å²) >= 11 is 6.90. The third kappa shape index (κ3) is 7.23. The van der Waals surface area contributed by atoms with Gasteiger partial charge in [0, 0.05) is 20.0 Å². The van der Waals surface area contributed by atoms with Gasteiger partial charge in [-0.3, -0.25) is 0 Å². The Hall–Kier alpha value is 0.877. The molecule has 106 valence electrons. The van der Waals surface area contributed by atoms with E-state index in [0.29, 0.717) is 11.3 Å². The molecule has 0 fully saturated rings. The summed E-state index contributed by atoms with van der Waals surface area (Å²) in [6.45, 7) is 8.95. The number of benzene rings is 1. The Labute approximate surface area is 153 Å². The van der Waals surface area contributed by atoms with Crippen LogP contribution in [0.2, 0.25) is 0 Å². The van der Waals surface area contributed by atoms with Crippen molar-refractivity contribution < 1.29 is 23.7 Å². The minimum atomic E-state index is 0. The molecule has 0 aromatic heterocycles. The van der Waals surface area contributed by atoms with Gasteiger partial charge >= 0.3 is 18.9 Å². The summed E-state index contributed by atoms with van der Waals surface area (Å²) in [7, 11) is 0.876. The first-order valence-corrected chi connectivity index (χ1v) is 9.03. The van der Waals surface area contributed by atoms with E-state index in [1.54, 1.807) is 0 Å². The normalized spacial score (nSPS) is 13.3. The van der Waals surface area contributed by atoms with Crippen LogP contribution in [0.4, 0.5) is 0 Å². The maximum Gasteiger partial charge on any atom is 1.00 e. The Morgan fingerprint density at radius 2 is 1.75 bits per heavy atom. The van der Waals surface area contributed by atoms with Crippen molar-refractivity contribution in [2.45, 2.75) is 34.1 Å². The van der Waals surface area contributed by atoms with E-state index < -0.39 is 0 Å². The number of carbonyl (C=O) groups is 1. The molecule has 0 aliphatic rings. The number of rotatable bonds is 5. The SMILES string of the molecule is CC(C[P-]C(=O)c1c(Br)cccc1Br)CC(C)(C)C.[Li+]. The van der Waals surface area contributed by atoms with E-state index in [-0.39, 0.29) is 24.4 Å². The van der Waals surface area contributed by atoms with E-state index in [2.05, 4.69) is 59.6 Å². The fourth-order valence-electron chi connectivity index (χ4n) is 2.13. The van der Waals surface area contributed by atoms with Gasteiger partial charge in [-0.05, 0) is 24.0 Å². The van der Waals surface area contributed by atoms with Gasteiger partial charge in [0.05, 0.1) is 0 Å². The largest absolute Gasteiger partial charge is 1.00 e. The molecule has 0 spiro atoms. The summed E-state index contributed by atoms with van der Waals surface area (Å²) in [5.41, 5.74) is 1.26. The summed E-state index contributed by atoms with van der Waals surface area (Å²) < 4.78 is 1.73. The van der Waals surface area contributed by atoms with Crippen molar-refractivity contribution >= 4 is 46.0 Å². The van der Waals surface area contributed by atoms with Gasteiger partial charge in [0.15, 0.2) is 0 Å². The quantitative estimate of drug-likeness (QED) is 0.534. The van der Waals surface area contributed by atoms with Crippen LogP contribution in [0.15, 0.2) is 27.1 Å². The van der Waals surface area contributed by atoms with E-state index in [4.69, 9.17) is 0 Å². The Morgan fingerprint density at radius 3 is 2.20 bits per heavy atom. The summed E-state index contributed by atoms with van der Waals surface area (Å²) in [5.74, 6) is 0.562. The van der Waals surface area contributed by atoms with Crippen LogP contribution in [0.1, 0.15) is 44.5 Å². The van der Waals surface area contributed by atoms with Gasteiger partial charge in [-0.2, -0.15) is 6.16 Å². The van der Waals surface area contributed by atoms with Crippen LogP contribution in [-0.2, 0) is 0 Å². The number of hydrogen-bond donors (Lipinski definition) is 0. The standard InChI is InChI=1S/C15H20Br2OP.Li/c1-10(8-15(2,3)4)9-19-14(18)13-11(16)6-5-7-12(13)17;/h5-7,10H,8-9H2,1-4H3;/q-1;+1. The van der Waals surface area contributed by atoms with Crippen LogP contribution in [-0.4, -0.2) is 11.7 Å². The first-order valence-electron chi connectivity index (χ1n) is 6.36. The van der Waals surface area contributed by atoms with Crippen molar-refractivity contribution in [1.29, 1.82) is 0 Å². The van der Waals surface area contributed by atoms with Crippen molar-refractivity contribution in [1.82, 2.24) is 0 Å². The van der Waals surface area contributed by atoms with E-state index in [0.717, 1.165) is 35.7 Å². The molecule has 1 aromatic carbocycles. The van der Waals surface area contributed by atoms with E-state index in [1.807, 2.05) is 18.2 Å². The zero-order valence-corrected chi connectivity index (χ0v) is 16.9. The molecule has 0 saturated heterocycles. The second kappa shape index (κ2) is 9.11. The van der Waals surface area contributed by atoms with Crippen LogP contribution < -0.4 is 18.9 Å². The van der Waals surface area contributed by atoms with Gasteiger partial charge in [-0.1, -0.05) is 71.5 Å². The van der Waals surface area contributed by atoms with Gasteiger partial charge in [0.25, 0.3) is 0 Å². The van der Waals surface area contributed by atoms with Gasteiger partial charge in [-0.15, -0.1) is 0 Å². The van der Waals surface area contributed by atoms with Crippen LogP contribution in [0.25, 0.3) is 0 Å². The molecule has 0 radical (unpaired) electrons. The van der Waals surface area contributed by atoms with Crippen molar-refractivity contribution in [3.8, 4) is 0 Å². The minimum absolute atomic E-state index is 0. The first-order chi connectivity index (χ1) is 8.70. The van der Waals surface area contributed by atoms with Gasteiger partial charge in [-0.25, -0.2) is 0 Å². The monoisotopic (exact) mass is 412 g/mol. The number of hydrogen-bond acceptors (Lipinski definition) is 1. The molecule has 5 heteroatoms. The van der Waals surface area contributed by atoms with Crippen molar-refractivity contribution in [3.05, 3.63) is 32.7 Å². The summed E-state index contributed by atoms with van der Waals surface area (Å²) in [6.07, 6.45) is 2.06. The maximum absolute atomic E-state index is 12.3. The Balaban J connectivity index is 0.00000361. The van der Waals surface area contributed by atoms with E-state index in [1.165, 1.54) is 0 Å². The second-order valence-electron chi connectivity index (χ2n) is 6.11. The topological polar surface area (TPSA) is 17.1 Å². The fraction of sp³-hybridized carbons (Fsp3) is 0.533. The van der Waals surface area contributed by atoms with E-state index in [9.17, 15) is 4.79 Å². The van der Waals surface area contributed by atoms with Crippen molar-refractivity contribution in [2.24, 2.45) is 11.3 Å². The molecule has 0 heterocycles. The van der Waals surface area contributed by atoms with Crippen LogP contribution >= 0.6 is 40.4 Å². The van der Waals surface area contributed by atoms with E-state index >= 15 is 0 Å². The van der Waals surface area contributed by atoms with Crippen molar-refractivity contribution in [3.63, 3.8) is 0 Å². The summed E-state index contributed by atoms with van der Waals surface area (Å²) in [4.78, 5) is 12.3. The Kier molecular flexibility index (Phi) is 9.51.